The number of hydrogen-bond donors (Lipinski definition) is 1. The highest BCUT2D eigenvalue weighted by Gasteiger charge is 1.90. The van der Waals surface area contributed by atoms with Gasteiger partial charge in [-0.1, -0.05) is 19.8 Å². The lowest BCUT2D eigenvalue weighted by atomic mass is 10.1. The van der Waals surface area contributed by atoms with E-state index in [0.717, 1.165) is 19.0 Å². The van der Waals surface area contributed by atoms with Gasteiger partial charge in [0, 0.05) is 0 Å². The van der Waals surface area contributed by atoms with E-state index in [1.807, 2.05) is 6.92 Å². The van der Waals surface area contributed by atoms with E-state index in [9.17, 15) is 0 Å². The van der Waals surface area contributed by atoms with Crippen molar-refractivity contribution in [3.8, 4) is 11.8 Å². The first-order chi connectivity index (χ1) is 4.77. The fourth-order valence-corrected chi connectivity index (χ4v) is 0.630. The predicted octanol–water partition coefficient (Wildman–Crippen LogP) is 1.65. The van der Waals surface area contributed by atoms with Crippen LogP contribution in [0.2, 0.25) is 0 Å². The minimum atomic E-state index is 0.794. The van der Waals surface area contributed by atoms with Crippen molar-refractivity contribution in [2.75, 3.05) is 13.1 Å². The first kappa shape index (κ1) is 9.52. The first-order valence-corrected chi connectivity index (χ1v) is 3.87. The van der Waals surface area contributed by atoms with E-state index in [0.29, 0.717) is 0 Å². The van der Waals surface area contributed by atoms with Crippen LogP contribution >= 0.6 is 0 Å². The normalized spacial score (nSPS) is 9.20. The second kappa shape index (κ2) is 6.64. The van der Waals surface area contributed by atoms with Gasteiger partial charge in [0.25, 0.3) is 0 Å². The molecule has 0 aliphatic heterocycles. The van der Waals surface area contributed by atoms with Crippen LogP contribution in [0.25, 0.3) is 0 Å². The van der Waals surface area contributed by atoms with Crippen LogP contribution < -0.4 is 5.32 Å². The Labute approximate surface area is 64.2 Å². The molecule has 0 saturated heterocycles. The van der Waals surface area contributed by atoms with Crippen LogP contribution in [0.5, 0.6) is 0 Å². The highest BCUT2D eigenvalue weighted by atomic mass is 14.8. The van der Waals surface area contributed by atoms with Gasteiger partial charge >= 0.3 is 0 Å². The average molecular weight is 139 g/mol. The van der Waals surface area contributed by atoms with Crippen molar-refractivity contribution in [3.63, 3.8) is 0 Å². The van der Waals surface area contributed by atoms with Crippen LogP contribution in [0.1, 0.15) is 27.2 Å². The maximum atomic E-state index is 3.24. The topological polar surface area (TPSA) is 12.0 Å². The van der Waals surface area contributed by atoms with E-state index in [1.54, 1.807) is 0 Å². The third-order valence-corrected chi connectivity index (χ3v) is 1.29. The van der Waals surface area contributed by atoms with Gasteiger partial charge in [-0.2, -0.15) is 0 Å². The van der Waals surface area contributed by atoms with Gasteiger partial charge in [-0.15, -0.1) is 5.92 Å². The molecule has 0 heterocycles. The standard InChI is InChI=1S/C9H17N/c1-4-5-7-10-8-6-9(2)3/h9-10H,6-8H2,1-3H3. The molecule has 0 spiro atoms. The summed E-state index contributed by atoms with van der Waals surface area (Å²) >= 11 is 0. The van der Waals surface area contributed by atoms with Crippen LogP contribution in [0.15, 0.2) is 0 Å². The molecular weight excluding hydrogens is 122 g/mol. The molecule has 0 aromatic carbocycles. The van der Waals surface area contributed by atoms with Crippen molar-refractivity contribution < 1.29 is 0 Å². The summed E-state index contributed by atoms with van der Waals surface area (Å²) < 4.78 is 0. The average Bonchev–Trinajstić information content (AvgIpc) is 1.87. The number of nitrogens with one attached hydrogen (secondary N) is 1. The van der Waals surface area contributed by atoms with Gasteiger partial charge in [0.1, 0.15) is 0 Å². The minimum absolute atomic E-state index is 0.794. The third kappa shape index (κ3) is 7.52. The van der Waals surface area contributed by atoms with E-state index in [4.69, 9.17) is 0 Å². The Morgan fingerprint density at radius 2 is 2.10 bits per heavy atom. The summed E-state index contributed by atoms with van der Waals surface area (Å²) in [4.78, 5) is 0. The van der Waals surface area contributed by atoms with Gasteiger partial charge in [0.15, 0.2) is 0 Å². The van der Waals surface area contributed by atoms with E-state index in [2.05, 4.69) is 31.0 Å². The first-order valence-electron chi connectivity index (χ1n) is 3.87. The van der Waals surface area contributed by atoms with Crippen molar-refractivity contribution >= 4 is 0 Å². The molecule has 0 unspecified atom stereocenters. The largest absolute Gasteiger partial charge is 0.306 e. The molecule has 58 valence electrons. The molecule has 0 saturated carbocycles. The lowest BCUT2D eigenvalue weighted by molar-refractivity contribution is 0.554. The van der Waals surface area contributed by atoms with Gasteiger partial charge in [-0.25, -0.2) is 0 Å². The smallest absolute Gasteiger partial charge is 0.0576 e. The molecule has 1 N–H and O–H groups in total. The van der Waals surface area contributed by atoms with Crippen molar-refractivity contribution in [2.24, 2.45) is 5.92 Å². The van der Waals surface area contributed by atoms with Crippen molar-refractivity contribution in [3.05, 3.63) is 0 Å². The van der Waals surface area contributed by atoms with Crippen molar-refractivity contribution in [1.82, 2.24) is 5.32 Å². The summed E-state index contributed by atoms with van der Waals surface area (Å²) in [7, 11) is 0. The van der Waals surface area contributed by atoms with Crippen LogP contribution in [0.4, 0.5) is 0 Å². The van der Waals surface area contributed by atoms with E-state index in [1.165, 1.54) is 6.42 Å². The SMILES string of the molecule is CC#CCNCCC(C)C. The molecule has 0 aliphatic rings. The highest BCUT2D eigenvalue weighted by molar-refractivity contribution is 4.96. The summed E-state index contributed by atoms with van der Waals surface area (Å²) in [5, 5.41) is 3.24. The quantitative estimate of drug-likeness (QED) is 0.461. The lowest BCUT2D eigenvalue weighted by Crippen LogP contribution is -2.16. The summed E-state index contributed by atoms with van der Waals surface area (Å²) in [6.07, 6.45) is 1.24. The zero-order valence-electron chi connectivity index (χ0n) is 7.20. The maximum Gasteiger partial charge on any atom is 0.0576 e. The van der Waals surface area contributed by atoms with E-state index >= 15 is 0 Å². The van der Waals surface area contributed by atoms with Gasteiger partial charge in [-0.3, -0.25) is 0 Å². The Morgan fingerprint density at radius 1 is 1.40 bits per heavy atom. The second-order valence-corrected chi connectivity index (χ2v) is 2.79. The number of rotatable bonds is 4. The molecule has 0 aromatic rings. The van der Waals surface area contributed by atoms with Gasteiger partial charge < -0.3 is 5.32 Å². The molecule has 0 aromatic heterocycles. The monoisotopic (exact) mass is 139 g/mol. The van der Waals surface area contributed by atoms with E-state index < -0.39 is 0 Å². The maximum absolute atomic E-state index is 3.24. The molecule has 0 bridgehead atoms. The van der Waals surface area contributed by atoms with Crippen molar-refractivity contribution in [1.29, 1.82) is 0 Å². The summed E-state index contributed by atoms with van der Waals surface area (Å²) in [5.41, 5.74) is 0. The van der Waals surface area contributed by atoms with Crippen LogP contribution in [0.3, 0.4) is 0 Å². The molecule has 0 rings (SSSR count). The summed E-state index contributed by atoms with van der Waals surface area (Å²) in [5.74, 6) is 6.60. The van der Waals surface area contributed by atoms with Crippen molar-refractivity contribution in [2.45, 2.75) is 27.2 Å². The van der Waals surface area contributed by atoms with Gasteiger partial charge in [0.2, 0.25) is 0 Å². The Balaban J connectivity index is 2.96. The number of hydrogen-bond acceptors (Lipinski definition) is 1. The molecule has 0 fully saturated rings. The highest BCUT2D eigenvalue weighted by Crippen LogP contribution is 1.95. The Hall–Kier alpha value is -0.480. The summed E-state index contributed by atoms with van der Waals surface area (Å²) in [6, 6.07) is 0. The fraction of sp³-hybridized carbons (Fsp3) is 0.778. The molecule has 10 heavy (non-hydrogen) atoms. The Bertz CT molecular complexity index is 116. The van der Waals surface area contributed by atoms with Crippen LogP contribution in [-0.2, 0) is 0 Å². The molecule has 1 heteroatoms. The van der Waals surface area contributed by atoms with Crippen LogP contribution in [0, 0.1) is 17.8 Å². The Kier molecular flexibility index (Phi) is 6.32. The van der Waals surface area contributed by atoms with Gasteiger partial charge in [-0.05, 0) is 25.8 Å². The zero-order valence-corrected chi connectivity index (χ0v) is 7.20. The predicted molar refractivity (Wildman–Crippen MR) is 45.8 cm³/mol. The molecule has 0 atom stereocenters. The molecular formula is C9H17N. The lowest BCUT2D eigenvalue weighted by Gasteiger charge is -2.02. The zero-order chi connectivity index (χ0) is 7.82. The summed E-state index contributed by atoms with van der Waals surface area (Å²) in [6.45, 7) is 8.25. The molecule has 0 radical (unpaired) electrons. The molecule has 0 aliphatic carbocycles. The fourth-order valence-electron chi connectivity index (χ4n) is 0.630. The minimum Gasteiger partial charge on any atom is -0.306 e. The van der Waals surface area contributed by atoms with E-state index in [-0.39, 0.29) is 0 Å². The second-order valence-electron chi connectivity index (χ2n) is 2.79. The van der Waals surface area contributed by atoms with Crippen LogP contribution in [-0.4, -0.2) is 13.1 Å². The molecule has 0 amide bonds. The Morgan fingerprint density at radius 3 is 2.60 bits per heavy atom. The molecule has 1 nitrogen and oxygen atoms in total. The van der Waals surface area contributed by atoms with Gasteiger partial charge in [0.05, 0.1) is 6.54 Å². The third-order valence-electron chi connectivity index (χ3n) is 1.29.